The number of imidazole rings is 1. The first-order valence-electron chi connectivity index (χ1n) is 8.15. The lowest BCUT2D eigenvalue weighted by Crippen LogP contribution is -2.38. The molecule has 1 heterocycles. The Bertz CT molecular complexity index is 906. The van der Waals surface area contributed by atoms with Crippen molar-refractivity contribution in [1.29, 1.82) is 0 Å². The Balaban J connectivity index is 0.00000243. The molecule has 0 saturated carbocycles. The van der Waals surface area contributed by atoms with Crippen molar-refractivity contribution in [1.82, 2.24) is 19.8 Å². The van der Waals surface area contributed by atoms with Crippen LogP contribution in [0.4, 0.5) is 0 Å². The molecule has 5 nitrogen and oxygen atoms in total. The van der Waals surface area contributed by atoms with E-state index < -0.39 is 0 Å². The third-order valence-electron chi connectivity index (χ3n) is 4.22. The SMILES string of the molecule is CN=C(NCc1nc2ccccc2n1C)N(C)Cc1ccccc1Cl.I. The number of nitrogens with zero attached hydrogens (tertiary/aromatic N) is 4. The van der Waals surface area contributed by atoms with E-state index in [1.165, 1.54) is 0 Å². The predicted molar refractivity (Wildman–Crippen MR) is 119 cm³/mol. The Morgan fingerprint density at radius 2 is 1.88 bits per heavy atom. The lowest BCUT2D eigenvalue weighted by atomic mass is 10.2. The molecule has 26 heavy (non-hydrogen) atoms. The first-order valence-corrected chi connectivity index (χ1v) is 8.53. The van der Waals surface area contributed by atoms with Crippen LogP contribution in [-0.2, 0) is 20.1 Å². The van der Waals surface area contributed by atoms with Crippen molar-refractivity contribution in [3.8, 4) is 0 Å². The standard InChI is InChI=1S/C19H22ClN5.HI/c1-21-19(24(2)13-14-8-4-5-9-15(14)20)22-12-18-23-16-10-6-7-11-17(16)25(18)3;/h4-11H,12-13H2,1-3H3,(H,21,22);1H. The van der Waals surface area contributed by atoms with E-state index in [0.29, 0.717) is 13.1 Å². The lowest BCUT2D eigenvalue weighted by Gasteiger charge is -2.22. The summed E-state index contributed by atoms with van der Waals surface area (Å²) in [4.78, 5) is 11.1. The molecule has 138 valence electrons. The van der Waals surface area contributed by atoms with Gasteiger partial charge in [0.15, 0.2) is 5.96 Å². The highest BCUT2D eigenvalue weighted by atomic mass is 127. The van der Waals surface area contributed by atoms with E-state index in [-0.39, 0.29) is 24.0 Å². The maximum atomic E-state index is 6.25. The van der Waals surface area contributed by atoms with Crippen molar-refractivity contribution in [2.75, 3.05) is 14.1 Å². The number of halogens is 2. The molecule has 0 aliphatic carbocycles. The van der Waals surface area contributed by atoms with Crippen LogP contribution >= 0.6 is 35.6 Å². The topological polar surface area (TPSA) is 45.5 Å². The highest BCUT2D eigenvalue weighted by Crippen LogP contribution is 2.17. The molecular weight excluding hydrogens is 461 g/mol. The minimum Gasteiger partial charge on any atom is -0.349 e. The van der Waals surface area contributed by atoms with Crippen molar-refractivity contribution < 1.29 is 0 Å². The largest absolute Gasteiger partial charge is 0.349 e. The zero-order chi connectivity index (χ0) is 17.8. The number of benzene rings is 2. The van der Waals surface area contributed by atoms with Gasteiger partial charge in [0, 0.05) is 32.7 Å². The molecule has 0 amide bonds. The molecule has 0 unspecified atom stereocenters. The molecule has 0 bridgehead atoms. The van der Waals surface area contributed by atoms with Crippen molar-refractivity contribution in [3.05, 3.63) is 64.9 Å². The number of hydrogen-bond donors (Lipinski definition) is 1. The van der Waals surface area contributed by atoms with Gasteiger partial charge in [-0.05, 0) is 23.8 Å². The highest BCUT2D eigenvalue weighted by molar-refractivity contribution is 14.0. The van der Waals surface area contributed by atoms with E-state index >= 15 is 0 Å². The molecule has 0 aliphatic rings. The molecule has 1 N–H and O–H groups in total. The summed E-state index contributed by atoms with van der Waals surface area (Å²) in [6.07, 6.45) is 0. The van der Waals surface area contributed by atoms with Gasteiger partial charge in [-0.15, -0.1) is 24.0 Å². The summed E-state index contributed by atoms with van der Waals surface area (Å²) in [7, 11) is 5.80. The average molecular weight is 484 g/mol. The van der Waals surface area contributed by atoms with Crippen LogP contribution in [0, 0.1) is 0 Å². The van der Waals surface area contributed by atoms with Gasteiger partial charge >= 0.3 is 0 Å². The number of para-hydroxylation sites is 2. The summed E-state index contributed by atoms with van der Waals surface area (Å²) in [6.45, 7) is 1.28. The molecule has 0 saturated heterocycles. The van der Waals surface area contributed by atoms with Crippen LogP contribution in [0.1, 0.15) is 11.4 Å². The van der Waals surface area contributed by atoms with Gasteiger partial charge in [0.25, 0.3) is 0 Å². The second-order valence-electron chi connectivity index (χ2n) is 5.92. The van der Waals surface area contributed by atoms with Crippen LogP contribution in [0.2, 0.25) is 5.02 Å². The molecule has 0 radical (unpaired) electrons. The second kappa shape index (κ2) is 9.23. The number of guanidine groups is 1. The summed E-state index contributed by atoms with van der Waals surface area (Å²) >= 11 is 6.25. The highest BCUT2D eigenvalue weighted by Gasteiger charge is 2.11. The summed E-state index contributed by atoms with van der Waals surface area (Å²) in [6, 6.07) is 16.0. The smallest absolute Gasteiger partial charge is 0.194 e. The quantitative estimate of drug-likeness (QED) is 0.346. The van der Waals surface area contributed by atoms with Gasteiger partial charge in [0.2, 0.25) is 0 Å². The van der Waals surface area contributed by atoms with Crippen LogP contribution < -0.4 is 5.32 Å². The van der Waals surface area contributed by atoms with E-state index in [1.54, 1.807) is 7.05 Å². The first-order chi connectivity index (χ1) is 12.1. The fraction of sp³-hybridized carbons (Fsp3) is 0.263. The first kappa shape index (κ1) is 20.5. The van der Waals surface area contributed by atoms with E-state index in [2.05, 4.69) is 25.9 Å². The summed E-state index contributed by atoms with van der Waals surface area (Å²) in [5.74, 6) is 1.76. The lowest BCUT2D eigenvalue weighted by molar-refractivity contribution is 0.475. The molecule has 2 aromatic carbocycles. The van der Waals surface area contributed by atoms with E-state index in [4.69, 9.17) is 11.6 Å². The molecule has 0 aliphatic heterocycles. The summed E-state index contributed by atoms with van der Waals surface area (Å²) < 4.78 is 2.10. The Labute approximate surface area is 176 Å². The summed E-state index contributed by atoms with van der Waals surface area (Å²) in [5.41, 5.74) is 3.19. The van der Waals surface area contributed by atoms with Crippen molar-refractivity contribution in [3.63, 3.8) is 0 Å². The maximum Gasteiger partial charge on any atom is 0.194 e. The van der Waals surface area contributed by atoms with Gasteiger partial charge in [-0.3, -0.25) is 4.99 Å². The van der Waals surface area contributed by atoms with Crippen molar-refractivity contribution >= 4 is 52.6 Å². The van der Waals surface area contributed by atoms with Crippen molar-refractivity contribution in [2.45, 2.75) is 13.1 Å². The fourth-order valence-electron chi connectivity index (χ4n) is 2.85. The minimum absolute atomic E-state index is 0. The third kappa shape index (κ3) is 4.48. The van der Waals surface area contributed by atoms with Crippen LogP contribution in [0.5, 0.6) is 0 Å². The van der Waals surface area contributed by atoms with Crippen molar-refractivity contribution in [2.24, 2.45) is 12.0 Å². The number of aryl methyl sites for hydroxylation is 1. The Morgan fingerprint density at radius 3 is 2.58 bits per heavy atom. The molecule has 1 aromatic heterocycles. The van der Waals surface area contributed by atoms with Gasteiger partial charge in [-0.2, -0.15) is 0 Å². The number of hydrogen-bond acceptors (Lipinski definition) is 2. The molecule has 0 spiro atoms. The Kier molecular flexibility index (Phi) is 7.28. The average Bonchev–Trinajstić information content (AvgIpc) is 2.94. The zero-order valence-corrected chi connectivity index (χ0v) is 18.2. The van der Waals surface area contributed by atoms with Gasteiger partial charge in [0.05, 0.1) is 17.6 Å². The maximum absolute atomic E-state index is 6.25. The summed E-state index contributed by atoms with van der Waals surface area (Å²) in [5, 5.41) is 4.14. The minimum atomic E-state index is 0. The predicted octanol–water partition coefficient (Wildman–Crippen LogP) is 4.05. The van der Waals surface area contributed by atoms with Gasteiger partial charge < -0.3 is 14.8 Å². The van der Waals surface area contributed by atoms with E-state index in [0.717, 1.165) is 33.4 Å². The van der Waals surface area contributed by atoms with Gasteiger partial charge in [0.1, 0.15) is 5.82 Å². The number of aliphatic imine (C=N–C) groups is 1. The van der Waals surface area contributed by atoms with Gasteiger partial charge in [-0.25, -0.2) is 4.98 Å². The molecule has 0 atom stereocenters. The second-order valence-corrected chi connectivity index (χ2v) is 6.33. The number of nitrogens with one attached hydrogen (secondary N) is 1. The molecule has 3 rings (SSSR count). The molecule has 3 aromatic rings. The van der Waals surface area contributed by atoms with Crippen LogP contribution in [0.15, 0.2) is 53.5 Å². The van der Waals surface area contributed by atoms with Crippen LogP contribution in [-0.4, -0.2) is 34.5 Å². The Hall–Kier alpha value is -1.80. The van der Waals surface area contributed by atoms with E-state index in [9.17, 15) is 0 Å². The zero-order valence-electron chi connectivity index (χ0n) is 15.1. The number of rotatable bonds is 4. The van der Waals surface area contributed by atoms with E-state index in [1.807, 2.05) is 61.5 Å². The molecule has 7 heteroatoms. The van der Waals surface area contributed by atoms with Gasteiger partial charge in [-0.1, -0.05) is 41.9 Å². The Morgan fingerprint density at radius 1 is 1.19 bits per heavy atom. The third-order valence-corrected chi connectivity index (χ3v) is 4.59. The van der Waals surface area contributed by atoms with Crippen LogP contribution in [0.3, 0.4) is 0 Å². The fourth-order valence-corrected chi connectivity index (χ4v) is 3.05. The molecule has 0 fully saturated rings. The number of fused-ring (bicyclic) bond motifs is 1. The molecular formula is C19H23ClIN5. The monoisotopic (exact) mass is 483 g/mol. The van der Waals surface area contributed by atoms with Crippen LogP contribution in [0.25, 0.3) is 11.0 Å². The number of aromatic nitrogens is 2. The normalized spacial score (nSPS) is 11.3.